The topological polar surface area (TPSA) is 77.9 Å². The van der Waals surface area contributed by atoms with Gasteiger partial charge in [0.25, 0.3) is 0 Å². The van der Waals surface area contributed by atoms with Gasteiger partial charge in [0.2, 0.25) is 15.9 Å². The Morgan fingerprint density at radius 3 is 2.31 bits per heavy atom. The molecule has 1 amide bonds. The van der Waals surface area contributed by atoms with Gasteiger partial charge in [-0.3, -0.25) is 4.79 Å². The smallest absolute Gasteiger partial charge is 0.246 e. The second kappa shape index (κ2) is 8.99. The Morgan fingerprint density at radius 2 is 1.69 bits per heavy atom. The third-order valence-electron chi connectivity index (χ3n) is 6.07. The number of hydrogen-bond donors (Lipinski definition) is 1. The third-order valence-corrected chi connectivity index (χ3v) is 7.99. The van der Waals surface area contributed by atoms with Crippen molar-refractivity contribution in [3.05, 3.63) is 65.7 Å². The number of carbonyl (C=O) groups excluding carboxylic acids is 1. The Balaban J connectivity index is 1.37. The second-order valence-electron chi connectivity index (χ2n) is 8.06. The minimum Gasteiger partial charge on any atom is -0.508 e. The molecule has 0 bridgehead atoms. The number of piperidine rings is 1. The largest absolute Gasteiger partial charge is 0.508 e. The van der Waals surface area contributed by atoms with E-state index in [0.717, 1.165) is 27.6 Å². The lowest BCUT2D eigenvalue weighted by Crippen LogP contribution is -2.45. The summed E-state index contributed by atoms with van der Waals surface area (Å²) in [4.78, 5) is 14.0. The third kappa shape index (κ3) is 4.54. The van der Waals surface area contributed by atoms with Gasteiger partial charge in [-0.25, -0.2) is 17.2 Å². The van der Waals surface area contributed by atoms with E-state index < -0.39 is 26.6 Å². The number of sulfonamides is 1. The number of hydrogen-bond acceptors (Lipinski definition) is 4. The molecule has 170 valence electrons. The molecule has 1 fully saturated rings. The molecule has 2 aliphatic rings. The number of halogens is 2. The molecular weight excluding hydrogens is 438 g/mol. The number of phenolic OH excluding ortho intramolecular Hbond substituents is 1. The molecule has 2 aromatic carbocycles. The van der Waals surface area contributed by atoms with Crippen LogP contribution in [0.15, 0.2) is 53.4 Å². The normalized spacial score (nSPS) is 18.4. The summed E-state index contributed by atoms with van der Waals surface area (Å²) in [5.74, 6) is -1.92. The van der Waals surface area contributed by atoms with E-state index >= 15 is 0 Å². The highest BCUT2D eigenvalue weighted by Gasteiger charge is 2.35. The molecule has 0 radical (unpaired) electrons. The van der Waals surface area contributed by atoms with Crippen LogP contribution in [0.4, 0.5) is 8.78 Å². The second-order valence-corrected chi connectivity index (χ2v) is 9.97. The molecule has 0 unspecified atom stereocenters. The Morgan fingerprint density at radius 1 is 1.00 bits per heavy atom. The van der Waals surface area contributed by atoms with E-state index in [4.69, 9.17) is 0 Å². The van der Waals surface area contributed by atoms with Gasteiger partial charge in [-0.15, -0.1) is 0 Å². The van der Waals surface area contributed by atoms with E-state index in [1.54, 1.807) is 17.0 Å². The van der Waals surface area contributed by atoms with Crippen molar-refractivity contribution in [1.82, 2.24) is 9.21 Å². The van der Waals surface area contributed by atoms with Crippen molar-refractivity contribution in [1.29, 1.82) is 0 Å². The lowest BCUT2D eigenvalue weighted by molar-refractivity contribution is -0.136. The highest BCUT2D eigenvalue weighted by Crippen LogP contribution is 2.29. The van der Waals surface area contributed by atoms with Crippen LogP contribution in [0.5, 0.6) is 5.75 Å². The summed E-state index contributed by atoms with van der Waals surface area (Å²) in [5, 5.41) is 9.42. The Labute approximate surface area is 185 Å². The minimum atomic E-state index is -4.16. The van der Waals surface area contributed by atoms with Crippen molar-refractivity contribution < 1.29 is 27.1 Å². The number of carbonyl (C=O) groups is 1. The average molecular weight is 463 g/mol. The van der Waals surface area contributed by atoms with Crippen molar-refractivity contribution in [2.24, 2.45) is 5.92 Å². The predicted octanol–water partition coefficient (Wildman–Crippen LogP) is 3.39. The molecule has 0 atom stereocenters. The predicted molar refractivity (Wildman–Crippen MR) is 115 cm³/mol. The number of rotatable bonds is 4. The van der Waals surface area contributed by atoms with Crippen molar-refractivity contribution in [3.63, 3.8) is 0 Å². The number of nitrogens with zero attached hydrogens (tertiary/aromatic N) is 2. The highest BCUT2D eigenvalue weighted by atomic mass is 32.2. The van der Waals surface area contributed by atoms with E-state index in [1.807, 2.05) is 18.2 Å². The van der Waals surface area contributed by atoms with Crippen LogP contribution >= 0.6 is 0 Å². The van der Waals surface area contributed by atoms with E-state index in [1.165, 1.54) is 0 Å². The van der Waals surface area contributed by atoms with Gasteiger partial charge in [0, 0.05) is 32.1 Å². The molecule has 0 aliphatic carbocycles. The van der Waals surface area contributed by atoms with E-state index in [0.29, 0.717) is 38.4 Å². The summed E-state index contributed by atoms with van der Waals surface area (Å²) in [6.07, 6.45) is 3.36. The quantitative estimate of drug-likeness (QED) is 0.756. The molecule has 32 heavy (non-hydrogen) atoms. The van der Waals surface area contributed by atoms with Crippen LogP contribution in [0, 0.1) is 17.6 Å². The zero-order valence-corrected chi connectivity index (χ0v) is 18.2. The molecule has 4 rings (SSSR count). The Kier molecular flexibility index (Phi) is 6.30. The van der Waals surface area contributed by atoms with Gasteiger partial charge in [-0.1, -0.05) is 18.2 Å². The van der Waals surface area contributed by atoms with Gasteiger partial charge in [0.05, 0.1) is 0 Å². The van der Waals surface area contributed by atoms with Gasteiger partial charge >= 0.3 is 0 Å². The number of phenols is 1. The molecule has 2 aliphatic heterocycles. The van der Waals surface area contributed by atoms with Crippen molar-refractivity contribution >= 4 is 21.5 Å². The van der Waals surface area contributed by atoms with E-state index in [2.05, 4.69) is 0 Å². The zero-order chi connectivity index (χ0) is 22.9. The summed E-state index contributed by atoms with van der Waals surface area (Å²) in [6.45, 7) is 1.20. The number of amides is 1. The maximum absolute atomic E-state index is 14.0. The SMILES string of the molecule is O=C(C1CCN(S(=O)(=O)c2cc(F)ccc2F)CC1)N1CC=C(c2ccc(O)cc2)CC1. The summed E-state index contributed by atoms with van der Waals surface area (Å²) >= 11 is 0. The molecule has 9 heteroatoms. The summed E-state index contributed by atoms with van der Waals surface area (Å²) in [6, 6.07) is 9.31. The Bertz CT molecular complexity index is 1140. The Hall–Kier alpha value is -2.78. The lowest BCUT2D eigenvalue weighted by Gasteiger charge is -2.35. The van der Waals surface area contributed by atoms with Gasteiger partial charge in [0.1, 0.15) is 22.3 Å². The van der Waals surface area contributed by atoms with E-state index in [-0.39, 0.29) is 30.7 Å². The average Bonchev–Trinajstić information content (AvgIpc) is 2.81. The summed E-state index contributed by atoms with van der Waals surface area (Å²) < 4.78 is 54.0. The zero-order valence-electron chi connectivity index (χ0n) is 17.4. The maximum atomic E-state index is 14.0. The van der Waals surface area contributed by atoms with Crippen molar-refractivity contribution in [2.75, 3.05) is 26.2 Å². The van der Waals surface area contributed by atoms with E-state index in [9.17, 15) is 27.1 Å². The first-order chi connectivity index (χ1) is 15.3. The van der Waals surface area contributed by atoms with Crippen LogP contribution < -0.4 is 0 Å². The first-order valence-electron chi connectivity index (χ1n) is 10.5. The first kappa shape index (κ1) is 22.4. The fourth-order valence-corrected chi connectivity index (χ4v) is 5.77. The van der Waals surface area contributed by atoms with Crippen molar-refractivity contribution in [2.45, 2.75) is 24.2 Å². The standard InChI is InChI=1S/C23H24F2N2O4S/c24-19-3-6-21(25)22(15-19)32(30,31)27-13-9-18(10-14-27)23(29)26-11-7-17(8-12-26)16-1-4-20(28)5-2-16/h1-7,15,18,28H,8-14H2. The van der Waals surface area contributed by atoms with Gasteiger partial charge in [0.15, 0.2) is 0 Å². The summed E-state index contributed by atoms with van der Waals surface area (Å²) in [7, 11) is -4.16. The highest BCUT2D eigenvalue weighted by molar-refractivity contribution is 7.89. The molecule has 1 saturated heterocycles. The number of aromatic hydroxyl groups is 1. The lowest BCUT2D eigenvalue weighted by atomic mass is 9.94. The van der Waals surface area contributed by atoms with Crippen molar-refractivity contribution in [3.8, 4) is 5.75 Å². The van der Waals surface area contributed by atoms with Crippen LogP contribution in [0.3, 0.4) is 0 Å². The van der Waals surface area contributed by atoms with Crippen LogP contribution in [0.1, 0.15) is 24.8 Å². The van der Waals surface area contributed by atoms with Crippen LogP contribution in [0.25, 0.3) is 5.57 Å². The fraction of sp³-hybridized carbons (Fsp3) is 0.348. The summed E-state index contributed by atoms with van der Waals surface area (Å²) in [5.41, 5.74) is 2.13. The van der Waals surface area contributed by atoms with Crippen LogP contribution in [-0.4, -0.2) is 54.8 Å². The molecule has 0 spiro atoms. The molecule has 2 aromatic rings. The molecular formula is C23H24F2N2O4S. The van der Waals surface area contributed by atoms with Gasteiger partial charge in [-0.05, 0) is 60.7 Å². The monoisotopic (exact) mass is 462 g/mol. The molecule has 0 aromatic heterocycles. The maximum Gasteiger partial charge on any atom is 0.246 e. The minimum absolute atomic E-state index is 0.0139. The van der Waals surface area contributed by atoms with Gasteiger partial charge in [-0.2, -0.15) is 4.31 Å². The molecule has 0 saturated carbocycles. The molecule has 6 nitrogen and oxygen atoms in total. The number of benzene rings is 2. The van der Waals surface area contributed by atoms with Crippen LogP contribution in [0.2, 0.25) is 0 Å². The van der Waals surface area contributed by atoms with Crippen LogP contribution in [-0.2, 0) is 14.8 Å². The first-order valence-corrected chi connectivity index (χ1v) is 11.9. The fourth-order valence-electron chi connectivity index (χ4n) is 4.22. The molecule has 2 heterocycles. The van der Waals surface area contributed by atoms with Gasteiger partial charge < -0.3 is 10.0 Å². The molecule has 1 N–H and O–H groups in total.